The highest BCUT2D eigenvalue weighted by atomic mass is 16.7. The molecule has 8 heteroatoms. The summed E-state index contributed by atoms with van der Waals surface area (Å²) in [5.41, 5.74) is 1.64. The SMILES string of the molecule is CCCCNc1nccc(C(=O)N2CCN(Cc3ccc4c(c3)OCO4)CC2)n1. The molecule has 0 bridgehead atoms. The lowest BCUT2D eigenvalue weighted by atomic mass is 10.1. The van der Waals surface area contributed by atoms with E-state index in [0.717, 1.165) is 50.5 Å². The monoisotopic (exact) mass is 397 g/mol. The number of hydrogen-bond donors (Lipinski definition) is 1. The number of fused-ring (bicyclic) bond motifs is 1. The summed E-state index contributed by atoms with van der Waals surface area (Å²) in [5.74, 6) is 2.10. The Balaban J connectivity index is 1.30. The molecular weight excluding hydrogens is 370 g/mol. The maximum absolute atomic E-state index is 12.8. The Morgan fingerprint density at radius 2 is 1.97 bits per heavy atom. The van der Waals surface area contributed by atoms with Crippen LogP contribution in [0.1, 0.15) is 35.8 Å². The van der Waals surface area contributed by atoms with Crippen LogP contribution >= 0.6 is 0 Å². The first-order chi connectivity index (χ1) is 14.2. The van der Waals surface area contributed by atoms with Crippen molar-refractivity contribution >= 4 is 11.9 Å². The number of ether oxygens (including phenoxy) is 2. The van der Waals surface area contributed by atoms with Crippen molar-refractivity contribution in [3.63, 3.8) is 0 Å². The molecule has 1 N–H and O–H groups in total. The van der Waals surface area contributed by atoms with E-state index >= 15 is 0 Å². The smallest absolute Gasteiger partial charge is 0.272 e. The van der Waals surface area contributed by atoms with Gasteiger partial charge in [0.25, 0.3) is 5.91 Å². The predicted octanol–water partition coefficient (Wildman–Crippen LogP) is 2.38. The minimum atomic E-state index is -0.0336. The van der Waals surface area contributed by atoms with Crippen LogP contribution in [0.5, 0.6) is 11.5 Å². The second-order valence-corrected chi connectivity index (χ2v) is 7.30. The van der Waals surface area contributed by atoms with E-state index in [1.165, 1.54) is 5.56 Å². The molecule has 154 valence electrons. The molecule has 29 heavy (non-hydrogen) atoms. The number of carbonyl (C=O) groups excluding carboxylic acids is 1. The molecule has 1 fully saturated rings. The molecule has 8 nitrogen and oxygen atoms in total. The van der Waals surface area contributed by atoms with Crippen molar-refractivity contribution in [1.82, 2.24) is 19.8 Å². The summed E-state index contributed by atoms with van der Waals surface area (Å²) in [5, 5.41) is 3.18. The Hall–Kier alpha value is -2.87. The van der Waals surface area contributed by atoms with Crippen molar-refractivity contribution < 1.29 is 14.3 Å². The fraction of sp³-hybridized carbons (Fsp3) is 0.476. The highest BCUT2D eigenvalue weighted by molar-refractivity contribution is 5.92. The fourth-order valence-corrected chi connectivity index (χ4v) is 3.51. The summed E-state index contributed by atoms with van der Waals surface area (Å²) in [6.45, 7) is 7.09. The summed E-state index contributed by atoms with van der Waals surface area (Å²) >= 11 is 0. The second-order valence-electron chi connectivity index (χ2n) is 7.30. The van der Waals surface area contributed by atoms with Gasteiger partial charge in [-0.05, 0) is 30.2 Å². The number of rotatable bonds is 7. The van der Waals surface area contributed by atoms with Crippen LogP contribution in [-0.2, 0) is 6.54 Å². The van der Waals surface area contributed by atoms with Crippen LogP contribution in [0, 0.1) is 0 Å². The topological polar surface area (TPSA) is 79.8 Å². The summed E-state index contributed by atoms with van der Waals surface area (Å²) in [4.78, 5) is 25.6. The minimum Gasteiger partial charge on any atom is -0.454 e. The van der Waals surface area contributed by atoms with Gasteiger partial charge in [-0.3, -0.25) is 9.69 Å². The van der Waals surface area contributed by atoms with Gasteiger partial charge in [0.05, 0.1) is 0 Å². The normalized spacial score (nSPS) is 16.1. The molecule has 0 atom stereocenters. The number of carbonyl (C=O) groups is 1. The van der Waals surface area contributed by atoms with Gasteiger partial charge in [-0.25, -0.2) is 9.97 Å². The van der Waals surface area contributed by atoms with E-state index in [9.17, 15) is 4.79 Å². The first-order valence-corrected chi connectivity index (χ1v) is 10.2. The van der Waals surface area contributed by atoms with E-state index in [1.54, 1.807) is 12.3 Å². The van der Waals surface area contributed by atoms with Crippen LogP contribution in [0.15, 0.2) is 30.5 Å². The molecule has 0 unspecified atom stereocenters. The van der Waals surface area contributed by atoms with Crippen LogP contribution < -0.4 is 14.8 Å². The molecule has 3 heterocycles. The van der Waals surface area contributed by atoms with E-state index in [-0.39, 0.29) is 5.91 Å². The summed E-state index contributed by atoms with van der Waals surface area (Å²) in [7, 11) is 0. The van der Waals surface area contributed by atoms with E-state index in [0.29, 0.717) is 31.5 Å². The highest BCUT2D eigenvalue weighted by Gasteiger charge is 2.24. The quantitative estimate of drug-likeness (QED) is 0.719. The van der Waals surface area contributed by atoms with Crippen molar-refractivity contribution in [1.29, 1.82) is 0 Å². The van der Waals surface area contributed by atoms with Crippen LogP contribution in [-0.4, -0.2) is 65.2 Å². The average molecular weight is 397 g/mol. The van der Waals surface area contributed by atoms with Gasteiger partial charge in [-0.15, -0.1) is 0 Å². The third-order valence-electron chi connectivity index (χ3n) is 5.19. The zero-order valence-electron chi connectivity index (χ0n) is 16.8. The van der Waals surface area contributed by atoms with Crippen LogP contribution in [0.4, 0.5) is 5.95 Å². The molecular formula is C21H27N5O3. The van der Waals surface area contributed by atoms with Gasteiger partial charge in [-0.2, -0.15) is 0 Å². The number of nitrogens with one attached hydrogen (secondary N) is 1. The molecule has 0 saturated carbocycles. The molecule has 1 aromatic heterocycles. The van der Waals surface area contributed by atoms with Crippen molar-refractivity contribution in [3.8, 4) is 11.5 Å². The number of unbranched alkanes of at least 4 members (excludes halogenated alkanes) is 1. The minimum absolute atomic E-state index is 0.0336. The molecule has 2 aromatic rings. The number of benzene rings is 1. The van der Waals surface area contributed by atoms with E-state index in [4.69, 9.17) is 9.47 Å². The van der Waals surface area contributed by atoms with Crippen LogP contribution in [0.2, 0.25) is 0 Å². The fourth-order valence-electron chi connectivity index (χ4n) is 3.51. The molecule has 0 radical (unpaired) electrons. The number of hydrogen-bond acceptors (Lipinski definition) is 7. The van der Waals surface area contributed by atoms with Crippen LogP contribution in [0.3, 0.4) is 0 Å². The molecule has 1 amide bonds. The Morgan fingerprint density at radius 3 is 2.79 bits per heavy atom. The lowest BCUT2D eigenvalue weighted by Gasteiger charge is -2.34. The Labute approximate surface area is 170 Å². The summed E-state index contributed by atoms with van der Waals surface area (Å²) < 4.78 is 10.8. The molecule has 2 aliphatic heterocycles. The van der Waals surface area contributed by atoms with Crippen molar-refractivity contribution in [2.75, 3.05) is 44.8 Å². The average Bonchev–Trinajstić information content (AvgIpc) is 3.22. The van der Waals surface area contributed by atoms with Gasteiger partial charge in [0.1, 0.15) is 5.69 Å². The Kier molecular flexibility index (Phi) is 6.09. The predicted molar refractivity (Wildman–Crippen MR) is 109 cm³/mol. The zero-order chi connectivity index (χ0) is 20.1. The van der Waals surface area contributed by atoms with E-state index < -0.39 is 0 Å². The van der Waals surface area contributed by atoms with Gasteiger partial charge < -0.3 is 19.7 Å². The molecule has 0 aliphatic carbocycles. The highest BCUT2D eigenvalue weighted by Crippen LogP contribution is 2.32. The lowest BCUT2D eigenvalue weighted by molar-refractivity contribution is 0.0622. The van der Waals surface area contributed by atoms with E-state index in [2.05, 4.69) is 33.2 Å². The first-order valence-electron chi connectivity index (χ1n) is 10.2. The number of nitrogens with zero attached hydrogens (tertiary/aromatic N) is 4. The molecule has 4 rings (SSSR count). The van der Waals surface area contributed by atoms with Gasteiger partial charge >= 0.3 is 0 Å². The first kappa shape index (κ1) is 19.4. The number of aromatic nitrogens is 2. The van der Waals surface area contributed by atoms with Gasteiger partial charge in [0.15, 0.2) is 11.5 Å². The molecule has 1 saturated heterocycles. The third-order valence-corrected chi connectivity index (χ3v) is 5.19. The standard InChI is InChI=1S/C21H27N5O3/c1-2-3-7-22-21-23-8-6-17(24-21)20(27)26-11-9-25(10-12-26)14-16-4-5-18-19(13-16)29-15-28-18/h4-6,8,13H,2-3,7,9-12,14-15H2,1H3,(H,22,23,24). The van der Waals surface area contributed by atoms with Crippen LogP contribution in [0.25, 0.3) is 0 Å². The summed E-state index contributed by atoms with van der Waals surface area (Å²) in [6.07, 6.45) is 3.79. The van der Waals surface area contributed by atoms with E-state index in [1.807, 2.05) is 17.0 Å². The lowest BCUT2D eigenvalue weighted by Crippen LogP contribution is -2.48. The third kappa shape index (κ3) is 4.76. The molecule has 2 aliphatic rings. The second kappa shape index (κ2) is 9.09. The molecule has 0 spiro atoms. The largest absolute Gasteiger partial charge is 0.454 e. The maximum atomic E-state index is 12.8. The van der Waals surface area contributed by atoms with Gasteiger partial charge in [-0.1, -0.05) is 19.4 Å². The summed E-state index contributed by atoms with van der Waals surface area (Å²) in [6, 6.07) is 7.75. The zero-order valence-corrected chi connectivity index (χ0v) is 16.8. The van der Waals surface area contributed by atoms with Gasteiger partial charge in [0, 0.05) is 45.5 Å². The molecule has 1 aromatic carbocycles. The maximum Gasteiger partial charge on any atom is 0.272 e. The Bertz CT molecular complexity index is 852. The number of amides is 1. The van der Waals surface area contributed by atoms with Crippen molar-refractivity contribution in [2.24, 2.45) is 0 Å². The van der Waals surface area contributed by atoms with Gasteiger partial charge in [0.2, 0.25) is 12.7 Å². The van der Waals surface area contributed by atoms with Crippen molar-refractivity contribution in [3.05, 3.63) is 41.7 Å². The Morgan fingerprint density at radius 1 is 1.14 bits per heavy atom. The number of anilines is 1. The van der Waals surface area contributed by atoms with Crippen molar-refractivity contribution in [2.45, 2.75) is 26.3 Å². The number of piperazine rings is 1.